The number of hydrogen-bond donors (Lipinski definition) is 1. The molecule has 17 heavy (non-hydrogen) atoms. The number of ether oxygens (including phenoxy) is 1. The van der Waals surface area contributed by atoms with Crippen molar-refractivity contribution in [3.05, 3.63) is 53.7 Å². The van der Waals surface area contributed by atoms with Gasteiger partial charge in [0.2, 0.25) is 5.88 Å². The Morgan fingerprint density at radius 2 is 1.88 bits per heavy atom. The Bertz CT molecular complexity index is 492. The van der Waals surface area contributed by atoms with Crippen molar-refractivity contribution in [2.24, 2.45) is 0 Å². The first-order valence-electron chi connectivity index (χ1n) is 5.54. The van der Waals surface area contributed by atoms with E-state index in [1.54, 1.807) is 25.3 Å². The van der Waals surface area contributed by atoms with Gasteiger partial charge in [0.15, 0.2) is 0 Å². The first-order chi connectivity index (χ1) is 8.15. The van der Waals surface area contributed by atoms with E-state index in [0.717, 1.165) is 11.3 Å². The fourth-order valence-electron chi connectivity index (χ4n) is 1.47. The van der Waals surface area contributed by atoms with Crippen molar-refractivity contribution in [2.75, 3.05) is 0 Å². The fraction of sp³-hybridized carbons (Fsp3) is 0.214. The quantitative estimate of drug-likeness (QED) is 0.878. The molecular formula is C14H15NO2. The highest BCUT2D eigenvalue weighted by atomic mass is 16.5. The summed E-state index contributed by atoms with van der Waals surface area (Å²) < 4.78 is 5.60. The van der Waals surface area contributed by atoms with Crippen LogP contribution in [0.4, 0.5) is 0 Å². The molecule has 1 heterocycles. The molecule has 0 amide bonds. The Morgan fingerprint density at radius 3 is 2.53 bits per heavy atom. The molecule has 1 N–H and O–H groups in total. The number of benzene rings is 1. The van der Waals surface area contributed by atoms with E-state index in [1.807, 2.05) is 31.2 Å². The van der Waals surface area contributed by atoms with Gasteiger partial charge in [-0.3, -0.25) is 0 Å². The molecule has 2 rings (SSSR count). The second-order valence-corrected chi connectivity index (χ2v) is 4.02. The van der Waals surface area contributed by atoms with E-state index < -0.39 is 6.10 Å². The summed E-state index contributed by atoms with van der Waals surface area (Å²) in [5, 5.41) is 9.47. The Hall–Kier alpha value is -1.87. The molecule has 0 unspecified atom stereocenters. The van der Waals surface area contributed by atoms with Crippen LogP contribution < -0.4 is 4.74 Å². The zero-order chi connectivity index (χ0) is 12.3. The van der Waals surface area contributed by atoms with Gasteiger partial charge in [0, 0.05) is 12.3 Å². The Labute approximate surface area is 101 Å². The Kier molecular flexibility index (Phi) is 3.40. The lowest BCUT2D eigenvalue weighted by molar-refractivity contribution is 0.198. The van der Waals surface area contributed by atoms with E-state index in [-0.39, 0.29) is 0 Å². The van der Waals surface area contributed by atoms with Crippen molar-refractivity contribution in [2.45, 2.75) is 20.0 Å². The maximum atomic E-state index is 9.47. The van der Waals surface area contributed by atoms with E-state index in [9.17, 15) is 5.11 Å². The number of hydrogen-bond acceptors (Lipinski definition) is 3. The molecule has 1 aromatic carbocycles. The molecule has 1 atom stereocenters. The van der Waals surface area contributed by atoms with Crippen LogP contribution in [-0.4, -0.2) is 10.1 Å². The average Bonchev–Trinajstić information content (AvgIpc) is 2.32. The van der Waals surface area contributed by atoms with Gasteiger partial charge in [0.1, 0.15) is 5.75 Å². The molecule has 0 saturated carbocycles. The normalized spacial score (nSPS) is 12.2. The molecule has 3 heteroatoms. The maximum Gasteiger partial charge on any atom is 0.219 e. The second kappa shape index (κ2) is 4.97. The summed E-state index contributed by atoms with van der Waals surface area (Å²) in [6, 6.07) is 11.3. The van der Waals surface area contributed by atoms with Gasteiger partial charge in [-0.2, -0.15) is 0 Å². The van der Waals surface area contributed by atoms with E-state index in [4.69, 9.17) is 4.74 Å². The van der Waals surface area contributed by atoms with Crippen LogP contribution in [0.5, 0.6) is 11.6 Å². The van der Waals surface area contributed by atoms with Crippen molar-refractivity contribution in [3.63, 3.8) is 0 Å². The largest absolute Gasteiger partial charge is 0.439 e. The van der Waals surface area contributed by atoms with Gasteiger partial charge in [0.25, 0.3) is 0 Å². The smallest absolute Gasteiger partial charge is 0.219 e. The number of aliphatic hydroxyl groups is 1. The highest BCUT2D eigenvalue weighted by molar-refractivity contribution is 5.31. The summed E-state index contributed by atoms with van der Waals surface area (Å²) in [5.74, 6) is 1.23. The van der Waals surface area contributed by atoms with Gasteiger partial charge in [-0.1, -0.05) is 17.7 Å². The van der Waals surface area contributed by atoms with Crippen molar-refractivity contribution in [1.29, 1.82) is 0 Å². The summed E-state index contributed by atoms with van der Waals surface area (Å²) in [6.07, 6.45) is 1.12. The average molecular weight is 229 g/mol. The lowest BCUT2D eigenvalue weighted by Crippen LogP contribution is -1.94. The van der Waals surface area contributed by atoms with E-state index >= 15 is 0 Å². The van der Waals surface area contributed by atoms with Crippen molar-refractivity contribution in [1.82, 2.24) is 4.98 Å². The van der Waals surface area contributed by atoms with Gasteiger partial charge >= 0.3 is 0 Å². The van der Waals surface area contributed by atoms with Crippen LogP contribution in [0, 0.1) is 6.92 Å². The van der Waals surface area contributed by atoms with Crippen LogP contribution in [0.15, 0.2) is 42.6 Å². The predicted molar refractivity (Wildman–Crippen MR) is 66.1 cm³/mol. The number of nitrogens with zero attached hydrogens (tertiary/aromatic N) is 1. The van der Waals surface area contributed by atoms with E-state index in [2.05, 4.69) is 4.98 Å². The van der Waals surface area contributed by atoms with Crippen molar-refractivity contribution < 1.29 is 9.84 Å². The Balaban J connectivity index is 2.18. The predicted octanol–water partition coefficient (Wildman–Crippen LogP) is 3.24. The SMILES string of the molecule is Cc1ccc(Oc2cc([C@H](C)O)ccn2)cc1. The molecule has 0 bridgehead atoms. The minimum Gasteiger partial charge on any atom is -0.439 e. The molecule has 0 aliphatic carbocycles. The molecule has 0 fully saturated rings. The van der Waals surface area contributed by atoms with Crippen LogP contribution >= 0.6 is 0 Å². The lowest BCUT2D eigenvalue weighted by Gasteiger charge is -2.08. The summed E-state index contributed by atoms with van der Waals surface area (Å²) >= 11 is 0. The molecule has 2 aromatic rings. The minimum absolute atomic E-state index is 0.493. The molecule has 0 spiro atoms. The van der Waals surface area contributed by atoms with Gasteiger partial charge in [-0.15, -0.1) is 0 Å². The lowest BCUT2D eigenvalue weighted by atomic mass is 10.2. The number of aromatic nitrogens is 1. The number of rotatable bonds is 3. The van der Waals surface area contributed by atoms with Gasteiger partial charge in [-0.05, 0) is 37.6 Å². The summed E-state index contributed by atoms with van der Waals surface area (Å²) in [7, 11) is 0. The number of aryl methyl sites for hydroxylation is 1. The maximum absolute atomic E-state index is 9.47. The molecule has 0 aliphatic heterocycles. The zero-order valence-corrected chi connectivity index (χ0v) is 9.92. The monoisotopic (exact) mass is 229 g/mol. The number of aliphatic hydroxyl groups excluding tert-OH is 1. The van der Waals surface area contributed by atoms with Gasteiger partial charge < -0.3 is 9.84 Å². The molecular weight excluding hydrogens is 214 g/mol. The summed E-state index contributed by atoms with van der Waals surface area (Å²) in [5.41, 5.74) is 1.98. The fourth-order valence-corrected chi connectivity index (χ4v) is 1.47. The standard InChI is InChI=1S/C14H15NO2/c1-10-3-5-13(6-4-10)17-14-9-12(11(2)16)7-8-15-14/h3-9,11,16H,1-2H3/t11-/m0/s1. The molecule has 88 valence electrons. The molecule has 0 aliphatic rings. The third-order valence-corrected chi connectivity index (χ3v) is 2.48. The van der Waals surface area contributed by atoms with Crippen molar-refractivity contribution >= 4 is 0 Å². The van der Waals surface area contributed by atoms with E-state index in [1.165, 1.54) is 5.56 Å². The minimum atomic E-state index is -0.515. The van der Waals surface area contributed by atoms with Crippen LogP contribution in [0.1, 0.15) is 24.2 Å². The van der Waals surface area contributed by atoms with Crippen LogP contribution in [0.25, 0.3) is 0 Å². The second-order valence-electron chi connectivity index (χ2n) is 4.02. The van der Waals surface area contributed by atoms with Gasteiger partial charge in [0.05, 0.1) is 6.10 Å². The third-order valence-electron chi connectivity index (χ3n) is 2.48. The molecule has 0 radical (unpaired) electrons. The topological polar surface area (TPSA) is 42.4 Å². The summed E-state index contributed by atoms with van der Waals surface area (Å²) in [6.45, 7) is 3.74. The van der Waals surface area contributed by atoms with Crippen LogP contribution in [0.2, 0.25) is 0 Å². The van der Waals surface area contributed by atoms with E-state index in [0.29, 0.717) is 5.88 Å². The highest BCUT2D eigenvalue weighted by Crippen LogP contribution is 2.22. The van der Waals surface area contributed by atoms with Crippen LogP contribution in [-0.2, 0) is 0 Å². The van der Waals surface area contributed by atoms with Crippen molar-refractivity contribution in [3.8, 4) is 11.6 Å². The molecule has 3 nitrogen and oxygen atoms in total. The zero-order valence-electron chi connectivity index (χ0n) is 9.92. The highest BCUT2D eigenvalue weighted by Gasteiger charge is 2.04. The third kappa shape index (κ3) is 3.04. The van der Waals surface area contributed by atoms with Crippen LogP contribution in [0.3, 0.4) is 0 Å². The van der Waals surface area contributed by atoms with Gasteiger partial charge in [-0.25, -0.2) is 4.98 Å². The molecule has 0 saturated heterocycles. The first-order valence-corrected chi connectivity index (χ1v) is 5.54. The first kappa shape index (κ1) is 11.6. The molecule has 1 aromatic heterocycles. The number of pyridine rings is 1. The Morgan fingerprint density at radius 1 is 1.18 bits per heavy atom. The summed E-state index contributed by atoms with van der Waals surface area (Å²) in [4.78, 5) is 4.11.